The quantitative estimate of drug-likeness (QED) is 0.438. The molecule has 0 fully saturated rings. The van der Waals surface area contributed by atoms with Gasteiger partial charge in [-0.25, -0.2) is 0 Å². The first kappa shape index (κ1) is 17.4. The molecule has 0 amide bonds. The normalized spacial score (nSPS) is 13.8. The van der Waals surface area contributed by atoms with Gasteiger partial charge in [0.15, 0.2) is 6.29 Å². The van der Waals surface area contributed by atoms with Crippen LogP contribution in [0.4, 0.5) is 0 Å². The average molecular weight is 254 g/mol. The molecule has 0 aliphatic carbocycles. The van der Waals surface area contributed by atoms with Crippen molar-refractivity contribution in [2.45, 2.75) is 60.2 Å². The lowest BCUT2D eigenvalue weighted by atomic mass is 10.0. The van der Waals surface area contributed by atoms with Crippen LogP contribution in [0.3, 0.4) is 0 Å². The van der Waals surface area contributed by atoms with Gasteiger partial charge in [-0.1, -0.05) is 37.5 Å². The highest BCUT2D eigenvalue weighted by Gasteiger charge is 2.01. The Hall–Kier alpha value is -0.600. The Morgan fingerprint density at radius 1 is 1.17 bits per heavy atom. The lowest BCUT2D eigenvalue weighted by Gasteiger charge is -2.12. The molecule has 18 heavy (non-hydrogen) atoms. The molecule has 0 aromatic rings. The number of allylic oxidation sites excluding steroid dienone is 2. The number of methoxy groups -OCH3 is 1. The molecule has 0 saturated heterocycles. The molecule has 0 bridgehead atoms. The van der Waals surface area contributed by atoms with Gasteiger partial charge in [0.05, 0.1) is 6.61 Å². The van der Waals surface area contributed by atoms with Gasteiger partial charge in [0, 0.05) is 7.11 Å². The van der Waals surface area contributed by atoms with Gasteiger partial charge in [0.25, 0.3) is 0 Å². The Labute approximate surface area is 113 Å². The van der Waals surface area contributed by atoms with Crippen LogP contribution >= 0.6 is 0 Å². The summed E-state index contributed by atoms with van der Waals surface area (Å²) in [6.07, 6.45) is 7.65. The number of ether oxygens (including phenoxy) is 2. The van der Waals surface area contributed by atoms with Crippen molar-refractivity contribution in [3.63, 3.8) is 0 Å². The lowest BCUT2D eigenvalue weighted by Crippen LogP contribution is -2.12. The zero-order valence-electron chi connectivity index (χ0n) is 13.0. The van der Waals surface area contributed by atoms with Gasteiger partial charge in [-0.05, 0) is 45.6 Å². The van der Waals surface area contributed by atoms with Crippen molar-refractivity contribution in [2.75, 3.05) is 13.7 Å². The van der Waals surface area contributed by atoms with Gasteiger partial charge in [-0.2, -0.15) is 0 Å². The summed E-state index contributed by atoms with van der Waals surface area (Å²) in [6.45, 7) is 11.4. The minimum atomic E-state index is -0.227. The van der Waals surface area contributed by atoms with Gasteiger partial charge >= 0.3 is 0 Å². The van der Waals surface area contributed by atoms with Gasteiger partial charge in [-0.15, -0.1) is 0 Å². The Kier molecular flexibility index (Phi) is 9.99. The van der Waals surface area contributed by atoms with E-state index in [0.29, 0.717) is 6.61 Å². The minimum Gasteiger partial charge on any atom is -0.352 e. The Bertz CT molecular complexity index is 260. The van der Waals surface area contributed by atoms with E-state index in [1.54, 1.807) is 7.11 Å². The van der Waals surface area contributed by atoms with E-state index in [1.807, 2.05) is 19.9 Å². The molecule has 0 rings (SSSR count). The highest BCUT2D eigenvalue weighted by Crippen LogP contribution is 2.11. The molecule has 0 aromatic carbocycles. The predicted molar refractivity (Wildman–Crippen MR) is 78.6 cm³/mol. The summed E-state index contributed by atoms with van der Waals surface area (Å²) in [7, 11) is 1.67. The summed E-state index contributed by atoms with van der Waals surface area (Å²) < 4.78 is 10.9. The fourth-order valence-electron chi connectivity index (χ4n) is 1.63. The molecule has 0 aliphatic rings. The summed E-state index contributed by atoms with van der Waals surface area (Å²) >= 11 is 0. The maximum atomic E-state index is 5.63. The van der Waals surface area contributed by atoms with Gasteiger partial charge in [0.2, 0.25) is 0 Å². The van der Waals surface area contributed by atoms with Crippen LogP contribution < -0.4 is 0 Å². The standard InChI is InChI=1S/C16H30O2/c1-13(2)8-7-9-15(5)10-11-18-16(17-6)12-14(3)4/h10,12-13,16H,7-9,11H2,1-6H3. The monoisotopic (exact) mass is 254 g/mol. The zero-order chi connectivity index (χ0) is 14.0. The third kappa shape index (κ3) is 10.5. The van der Waals surface area contributed by atoms with E-state index >= 15 is 0 Å². The van der Waals surface area contributed by atoms with Crippen molar-refractivity contribution in [3.8, 4) is 0 Å². The Balaban J connectivity index is 3.88. The molecule has 0 saturated carbocycles. The first-order valence-electron chi connectivity index (χ1n) is 6.90. The second-order valence-corrected chi connectivity index (χ2v) is 5.52. The van der Waals surface area contributed by atoms with Crippen molar-refractivity contribution in [2.24, 2.45) is 5.92 Å². The molecule has 1 atom stereocenters. The van der Waals surface area contributed by atoms with Crippen LogP contribution in [0.1, 0.15) is 53.9 Å². The predicted octanol–water partition coefficient (Wildman–Crippen LogP) is 4.71. The molecule has 0 heterocycles. The van der Waals surface area contributed by atoms with Crippen LogP contribution in [0.15, 0.2) is 23.3 Å². The van der Waals surface area contributed by atoms with Crippen molar-refractivity contribution in [1.29, 1.82) is 0 Å². The van der Waals surface area contributed by atoms with Crippen LogP contribution in [-0.4, -0.2) is 20.0 Å². The van der Waals surface area contributed by atoms with Crippen molar-refractivity contribution < 1.29 is 9.47 Å². The lowest BCUT2D eigenvalue weighted by molar-refractivity contribution is -0.0811. The van der Waals surface area contributed by atoms with Gasteiger partial charge in [0.1, 0.15) is 0 Å². The van der Waals surface area contributed by atoms with Crippen molar-refractivity contribution >= 4 is 0 Å². The van der Waals surface area contributed by atoms with Crippen LogP contribution in [0.5, 0.6) is 0 Å². The second kappa shape index (κ2) is 10.3. The van der Waals surface area contributed by atoms with E-state index in [1.165, 1.54) is 30.4 Å². The van der Waals surface area contributed by atoms with E-state index in [-0.39, 0.29) is 6.29 Å². The molecular weight excluding hydrogens is 224 g/mol. The molecule has 0 radical (unpaired) electrons. The van der Waals surface area contributed by atoms with Crippen molar-refractivity contribution in [3.05, 3.63) is 23.3 Å². The highest BCUT2D eigenvalue weighted by molar-refractivity contribution is 4.99. The molecule has 0 spiro atoms. The molecule has 106 valence electrons. The number of hydrogen-bond donors (Lipinski definition) is 0. The summed E-state index contributed by atoms with van der Waals surface area (Å²) in [4.78, 5) is 0. The van der Waals surface area contributed by atoms with Gasteiger partial charge < -0.3 is 9.47 Å². The summed E-state index contributed by atoms with van der Waals surface area (Å²) in [5.41, 5.74) is 2.61. The third-order valence-electron chi connectivity index (χ3n) is 2.75. The Morgan fingerprint density at radius 3 is 2.33 bits per heavy atom. The van der Waals surface area contributed by atoms with Crippen molar-refractivity contribution in [1.82, 2.24) is 0 Å². The molecule has 2 nitrogen and oxygen atoms in total. The fraction of sp³-hybridized carbons (Fsp3) is 0.750. The smallest absolute Gasteiger partial charge is 0.177 e. The van der Waals surface area contributed by atoms with E-state index in [4.69, 9.17) is 9.47 Å². The fourth-order valence-corrected chi connectivity index (χ4v) is 1.63. The topological polar surface area (TPSA) is 18.5 Å². The summed E-state index contributed by atoms with van der Waals surface area (Å²) in [5.74, 6) is 0.796. The average Bonchev–Trinajstić information content (AvgIpc) is 2.26. The van der Waals surface area contributed by atoms with E-state index in [9.17, 15) is 0 Å². The molecule has 0 aromatic heterocycles. The van der Waals surface area contributed by atoms with Crippen LogP contribution in [-0.2, 0) is 9.47 Å². The molecule has 0 N–H and O–H groups in total. The maximum absolute atomic E-state index is 5.63. The first-order valence-corrected chi connectivity index (χ1v) is 6.90. The van der Waals surface area contributed by atoms with Gasteiger partial charge in [-0.3, -0.25) is 0 Å². The first-order chi connectivity index (χ1) is 8.45. The zero-order valence-corrected chi connectivity index (χ0v) is 13.0. The maximum Gasteiger partial charge on any atom is 0.177 e. The second-order valence-electron chi connectivity index (χ2n) is 5.52. The summed E-state index contributed by atoms with van der Waals surface area (Å²) in [5, 5.41) is 0. The van der Waals surface area contributed by atoms with E-state index in [0.717, 1.165) is 5.92 Å². The van der Waals surface area contributed by atoms with E-state index < -0.39 is 0 Å². The SMILES string of the molecule is COC(C=C(C)C)OCC=C(C)CCCC(C)C. The molecular formula is C16H30O2. The Morgan fingerprint density at radius 2 is 1.83 bits per heavy atom. The molecule has 2 heteroatoms. The van der Waals surface area contributed by atoms with Crippen LogP contribution in [0.25, 0.3) is 0 Å². The van der Waals surface area contributed by atoms with Crippen LogP contribution in [0.2, 0.25) is 0 Å². The molecule has 0 aliphatic heterocycles. The number of rotatable bonds is 9. The summed E-state index contributed by atoms with van der Waals surface area (Å²) in [6, 6.07) is 0. The van der Waals surface area contributed by atoms with E-state index in [2.05, 4.69) is 26.8 Å². The number of hydrogen-bond acceptors (Lipinski definition) is 2. The largest absolute Gasteiger partial charge is 0.352 e. The van der Waals surface area contributed by atoms with Crippen LogP contribution in [0, 0.1) is 5.92 Å². The molecule has 1 unspecified atom stereocenters. The minimum absolute atomic E-state index is 0.227. The third-order valence-corrected chi connectivity index (χ3v) is 2.75. The highest BCUT2D eigenvalue weighted by atomic mass is 16.7.